The number of aromatic amines is 1. The standard InChI is InChI=1S/C12H17FN2O4/c1-3-12(4-2)9(17)8(13)10(19-12)15-6-5-7(16)14-11(15)18/h5-6,8-10,17H,3-4H2,1-2H3,(H,14,16,18). The quantitative estimate of drug-likeness (QED) is 0.830. The molecule has 19 heavy (non-hydrogen) atoms. The van der Waals surface area contributed by atoms with Crippen LogP contribution in [0.15, 0.2) is 21.9 Å². The van der Waals surface area contributed by atoms with Crippen molar-refractivity contribution in [1.82, 2.24) is 9.55 Å². The molecule has 1 saturated heterocycles. The number of aliphatic hydroxyl groups is 1. The lowest BCUT2D eigenvalue weighted by Crippen LogP contribution is -2.40. The van der Waals surface area contributed by atoms with Crippen molar-refractivity contribution < 1.29 is 14.2 Å². The van der Waals surface area contributed by atoms with Crippen LogP contribution in [0.1, 0.15) is 32.9 Å². The molecule has 0 aliphatic carbocycles. The number of rotatable bonds is 3. The first-order valence-corrected chi connectivity index (χ1v) is 6.26. The highest BCUT2D eigenvalue weighted by molar-refractivity contribution is 5.01. The first-order chi connectivity index (χ1) is 8.95. The molecule has 3 atom stereocenters. The van der Waals surface area contributed by atoms with Crippen molar-refractivity contribution in [3.8, 4) is 0 Å². The molecule has 7 heteroatoms. The molecule has 0 amide bonds. The van der Waals surface area contributed by atoms with Gasteiger partial charge in [0.05, 0.1) is 5.60 Å². The normalized spacial score (nSPS) is 29.6. The van der Waals surface area contributed by atoms with Crippen LogP contribution in [-0.2, 0) is 4.74 Å². The predicted octanol–water partition coefficient (Wildman–Crippen LogP) is 0.323. The lowest BCUT2D eigenvalue weighted by atomic mass is 9.90. The van der Waals surface area contributed by atoms with Gasteiger partial charge >= 0.3 is 5.69 Å². The van der Waals surface area contributed by atoms with Crippen molar-refractivity contribution >= 4 is 0 Å². The van der Waals surface area contributed by atoms with Crippen LogP contribution in [0.25, 0.3) is 0 Å². The van der Waals surface area contributed by atoms with E-state index in [0.29, 0.717) is 12.8 Å². The monoisotopic (exact) mass is 272 g/mol. The van der Waals surface area contributed by atoms with Gasteiger partial charge in [-0.1, -0.05) is 13.8 Å². The Labute approximate surface area is 108 Å². The number of nitrogens with one attached hydrogen (secondary N) is 1. The predicted molar refractivity (Wildman–Crippen MR) is 65.7 cm³/mol. The Morgan fingerprint density at radius 3 is 2.58 bits per heavy atom. The van der Waals surface area contributed by atoms with E-state index < -0.39 is 35.4 Å². The highest BCUT2D eigenvalue weighted by atomic mass is 19.1. The lowest BCUT2D eigenvalue weighted by molar-refractivity contribution is -0.108. The van der Waals surface area contributed by atoms with Gasteiger partial charge in [0.1, 0.15) is 6.10 Å². The molecule has 0 radical (unpaired) electrons. The highest BCUT2D eigenvalue weighted by Crippen LogP contribution is 2.42. The Kier molecular flexibility index (Phi) is 3.60. The van der Waals surface area contributed by atoms with Crippen LogP contribution < -0.4 is 11.2 Å². The van der Waals surface area contributed by atoms with E-state index >= 15 is 0 Å². The summed E-state index contributed by atoms with van der Waals surface area (Å²) in [5, 5.41) is 10.00. The number of aliphatic hydroxyl groups excluding tert-OH is 1. The van der Waals surface area contributed by atoms with Gasteiger partial charge in [0.25, 0.3) is 5.56 Å². The fourth-order valence-electron chi connectivity index (χ4n) is 2.49. The van der Waals surface area contributed by atoms with Gasteiger partial charge in [0.2, 0.25) is 0 Å². The molecule has 3 unspecified atom stereocenters. The van der Waals surface area contributed by atoms with Crippen LogP contribution in [0.3, 0.4) is 0 Å². The minimum absolute atomic E-state index is 0.430. The SMILES string of the molecule is CCC1(CC)OC(n2ccc(=O)[nH]c2=O)C(F)C1O. The number of ether oxygens (including phenoxy) is 1. The third kappa shape index (κ3) is 2.12. The van der Waals surface area contributed by atoms with Gasteiger partial charge in [-0.15, -0.1) is 0 Å². The Balaban J connectivity index is 2.42. The number of alkyl halides is 1. The number of halogens is 1. The largest absolute Gasteiger partial charge is 0.387 e. The maximum Gasteiger partial charge on any atom is 0.330 e. The van der Waals surface area contributed by atoms with Crippen molar-refractivity contribution in [2.75, 3.05) is 0 Å². The molecule has 6 nitrogen and oxygen atoms in total. The molecule has 1 aromatic heterocycles. The van der Waals surface area contributed by atoms with Gasteiger partial charge in [-0.2, -0.15) is 0 Å². The van der Waals surface area contributed by atoms with Gasteiger partial charge in [0.15, 0.2) is 12.4 Å². The molecule has 2 heterocycles. The van der Waals surface area contributed by atoms with E-state index in [1.165, 1.54) is 6.20 Å². The Hall–Kier alpha value is -1.47. The summed E-state index contributed by atoms with van der Waals surface area (Å²) in [5.41, 5.74) is -2.32. The number of H-pyrrole nitrogens is 1. The fourth-order valence-corrected chi connectivity index (χ4v) is 2.49. The van der Waals surface area contributed by atoms with E-state index in [1.807, 2.05) is 4.98 Å². The van der Waals surface area contributed by atoms with Crippen molar-refractivity contribution in [3.05, 3.63) is 33.1 Å². The highest BCUT2D eigenvalue weighted by Gasteiger charge is 2.53. The summed E-state index contributed by atoms with van der Waals surface area (Å²) in [4.78, 5) is 24.7. The second-order valence-corrected chi connectivity index (χ2v) is 4.69. The summed E-state index contributed by atoms with van der Waals surface area (Å²) < 4.78 is 20.7. The summed E-state index contributed by atoms with van der Waals surface area (Å²) in [6.45, 7) is 3.58. The molecule has 1 aliphatic rings. The summed E-state index contributed by atoms with van der Waals surface area (Å²) in [7, 11) is 0. The summed E-state index contributed by atoms with van der Waals surface area (Å²) in [5.74, 6) is 0. The third-order valence-corrected chi connectivity index (χ3v) is 3.79. The average Bonchev–Trinajstić information content (AvgIpc) is 2.64. The van der Waals surface area contributed by atoms with Crippen molar-refractivity contribution in [1.29, 1.82) is 0 Å². The first-order valence-electron chi connectivity index (χ1n) is 6.26. The van der Waals surface area contributed by atoms with E-state index in [9.17, 15) is 19.1 Å². The molecule has 2 N–H and O–H groups in total. The molecule has 1 fully saturated rings. The van der Waals surface area contributed by atoms with Crippen LogP contribution in [-0.4, -0.2) is 32.5 Å². The van der Waals surface area contributed by atoms with E-state index in [2.05, 4.69) is 0 Å². The molecular formula is C12H17FN2O4. The number of hydrogen-bond donors (Lipinski definition) is 2. The maximum atomic E-state index is 14.2. The fraction of sp³-hybridized carbons (Fsp3) is 0.667. The second kappa shape index (κ2) is 4.90. The zero-order chi connectivity index (χ0) is 14.2. The second-order valence-electron chi connectivity index (χ2n) is 4.69. The van der Waals surface area contributed by atoms with Crippen molar-refractivity contribution in [2.45, 2.75) is 50.8 Å². The minimum Gasteiger partial charge on any atom is -0.387 e. The van der Waals surface area contributed by atoms with Crippen molar-refractivity contribution in [3.63, 3.8) is 0 Å². The Morgan fingerprint density at radius 1 is 1.47 bits per heavy atom. The van der Waals surface area contributed by atoms with E-state index in [1.54, 1.807) is 13.8 Å². The van der Waals surface area contributed by atoms with Crippen LogP contribution in [0.2, 0.25) is 0 Å². The van der Waals surface area contributed by atoms with Gasteiger partial charge in [-0.3, -0.25) is 14.3 Å². The smallest absolute Gasteiger partial charge is 0.330 e. The molecule has 2 rings (SSSR count). The summed E-state index contributed by atoms with van der Waals surface area (Å²) in [6.07, 6.45) is -2.21. The molecular weight excluding hydrogens is 255 g/mol. The Morgan fingerprint density at radius 2 is 2.11 bits per heavy atom. The summed E-state index contributed by atoms with van der Waals surface area (Å²) in [6, 6.07) is 1.11. The molecule has 0 saturated carbocycles. The van der Waals surface area contributed by atoms with Crippen LogP contribution in [0.4, 0.5) is 4.39 Å². The van der Waals surface area contributed by atoms with Crippen molar-refractivity contribution in [2.24, 2.45) is 0 Å². The third-order valence-electron chi connectivity index (χ3n) is 3.79. The Bertz CT molecular complexity index is 563. The van der Waals surface area contributed by atoms with E-state index in [-0.39, 0.29) is 0 Å². The molecule has 106 valence electrons. The number of hydrogen-bond acceptors (Lipinski definition) is 4. The van der Waals surface area contributed by atoms with Gasteiger partial charge < -0.3 is 9.84 Å². The number of aromatic nitrogens is 2. The number of nitrogens with zero attached hydrogens (tertiary/aromatic N) is 1. The van der Waals surface area contributed by atoms with Crippen LogP contribution in [0, 0.1) is 0 Å². The zero-order valence-electron chi connectivity index (χ0n) is 10.8. The molecule has 0 bridgehead atoms. The zero-order valence-corrected chi connectivity index (χ0v) is 10.8. The van der Waals surface area contributed by atoms with E-state index in [0.717, 1.165) is 10.6 Å². The van der Waals surface area contributed by atoms with Gasteiger partial charge in [0, 0.05) is 12.3 Å². The van der Waals surface area contributed by atoms with Crippen LogP contribution in [0.5, 0.6) is 0 Å². The molecule has 1 aromatic rings. The lowest BCUT2D eigenvalue weighted by Gasteiger charge is -2.29. The maximum absolute atomic E-state index is 14.2. The summed E-state index contributed by atoms with van der Waals surface area (Å²) >= 11 is 0. The van der Waals surface area contributed by atoms with Gasteiger partial charge in [-0.25, -0.2) is 9.18 Å². The molecule has 1 aliphatic heterocycles. The van der Waals surface area contributed by atoms with Crippen LogP contribution >= 0.6 is 0 Å². The van der Waals surface area contributed by atoms with E-state index in [4.69, 9.17) is 4.74 Å². The topological polar surface area (TPSA) is 84.3 Å². The molecule has 0 aromatic carbocycles. The van der Waals surface area contributed by atoms with Gasteiger partial charge in [-0.05, 0) is 12.8 Å². The average molecular weight is 272 g/mol. The molecule has 0 spiro atoms. The first kappa shape index (κ1) is 14.0. The minimum atomic E-state index is -1.72.